The van der Waals surface area contributed by atoms with E-state index in [2.05, 4.69) is 10.0 Å². The minimum absolute atomic E-state index is 0.0999. The second kappa shape index (κ2) is 6.68. The Bertz CT molecular complexity index is 311. The van der Waals surface area contributed by atoms with Gasteiger partial charge in [0.2, 0.25) is 10.0 Å². The number of hydrogen-bond donors (Lipinski definition) is 2. The lowest BCUT2D eigenvalue weighted by molar-refractivity contribution is 0.157. The van der Waals surface area contributed by atoms with E-state index < -0.39 is 10.0 Å². The molecule has 0 amide bonds. The van der Waals surface area contributed by atoms with Crippen molar-refractivity contribution in [2.75, 3.05) is 26.0 Å². The van der Waals surface area contributed by atoms with Crippen LogP contribution >= 0.6 is 0 Å². The molecule has 102 valence electrons. The van der Waals surface area contributed by atoms with E-state index in [1.165, 1.54) is 0 Å². The first-order valence-corrected chi connectivity index (χ1v) is 7.82. The Morgan fingerprint density at radius 2 is 2.18 bits per heavy atom. The summed E-state index contributed by atoms with van der Waals surface area (Å²) in [6.07, 6.45) is 2.00. The maximum Gasteiger partial charge on any atom is 0.213 e. The van der Waals surface area contributed by atoms with Crippen molar-refractivity contribution < 1.29 is 13.2 Å². The second-order valence-electron chi connectivity index (χ2n) is 5.00. The van der Waals surface area contributed by atoms with Crippen molar-refractivity contribution in [2.45, 2.75) is 38.8 Å². The van der Waals surface area contributed by atoms with Gasteiger partial charge in [-0.3, -0.25) is 0 Å². The molecule has 0 aromatic rings. The molecule has 0 saturated carbocycles. The molecule has 0 aliphatic carbocycles. The van der Waals surface area contributed by atoms with Gasteiger partial charge in [-0.15, -0.1) is 0 Å². The molecule has 0 radical (unpaired) electrons. The zero-order valence-corrected chi connectivity index (χ0v) is 11.7. The summed E-state index contributed by atoms with van der Waals surface area (Å²) in [4.78, 5) is 0. The first kappa shape index (κ1) is 14.9. The number of sulfonamides is 1. The Morgan fingerprint density at radius 1 is 1.47 bits per heavy atom. The number of rotatable bonds is 7. The highest BCUT2D eigenvalue weighted by molar-refractivity contribution is 7.89. The van der Waals surface area contributed by atoms with E-state index >= 15 is 0 Å². The van der Waals surface area contributed by atoms with Gasteiger partial charge in [0.15, 0.2) is 0 Å². The van der Waals surface area contributed by atoms with Crippen molar-refractivity contribution in [3.63, 3.8) is 0 Å². The lowest BCUT2D eigenvalue weighted by atomic mass is 10.1. The molecule has 5 nitrogen and oxygen atoms in total. The number of methoxy groups -OCH3 is 1. The minimum atomic E-state index is -3.22. The summed E-state index contributed by atoms with van der Waals surface area (Å²) < 4.78 is 31.7. The van der Waals surface area contributed by atoms with Crippen molar-refractivity contribution in [2.24, 2.45) is 5.92 Å². The van der Waals surface area contributed by atoms with E-state index in [0.29, 0.717) is 6.61 Å². The predicted molar refractivity (Wildman–Crippen MR) is 68.4 cm³/mol. The van der Waals surface area contributed by atoms with Gasteiger partial charge in [0, 0.05) is 19.2 Å². The normalized spacial score (nSPS) is 23.2. The summed E-state index contributed by atoms with van der Waals surface area (Å²) in [6, 6.07) is -0.0470. The van der Waals surface area contributed by atoms with Crippen molar-refractivity contribution in [3.8, 4) is 0 Å². The molecular formula is C11H24N2O3S. The third-order valence-electron chi connectivity index (χ3n) is 3.06. The van der Waals surface area contributed by atoms with E-state index in [9.17, 15) is 8.42 Å². The SMILES string of the molecule is COCC(NS(=O)(=O)CC1CCCN1)C(C)C. The standard InChI is InChI=1S/C11H24N2O3S/c1-9(2)11(7-16-3)13-17(14,15)8-10-5-4-6-12-10/h9-13H,4-8H2,1-3H3. The van der Waals surface area contributed by atoms with Crippen LogP contribution in [0.2, 0.25) is 0 Å². The maximum absolute atomic E-state index is 12.0. The first-order chi connectivity index (χ1) is 7.94. The van der Waals surface area contributed by atoms with Gasteiger partial charge >= 0.3 is 0 Å². The summed E-state index contributed by atoms with van der Waals surface area (Å²) >= 11 is 0. The summed E-state index contributed by atoms with van der Waals surface area (Å²) in [6.45, 7) is 5.31. The summed E-state index contributed by atoms with van der Waals surface area (Å²) in [5, 5.41) is 3.20. The van der Waals surface area contributed by atoms with Crippen LogP contribution in [0, 0.1) is 5.92 Å². The van der Waals surface area contributed by atoms with Crippen LogP contribution in [0.1, 0.15) is 26.7 Å². The summed E-state index contributed by atoms with van der Waals surface area (Å²) in [5.74, 6) is 0.390. The quantitative estimate of drug-likeness (QED) is 0.695. The van der Waals surface area contributed by atoms with Crippen LogP contribution in [0.5, 0.6) is 0 Å². The Kier molecular flexibility index (Phi) is 5.85. The zero-order valence-electron chi connectivity index (χ0n) is 10.9. The predicted octanol–water partition coefficient (Wildman–Crippen LogP) is 0.329. The molecule has 1 heterocycles. The van der Waals surface area contributed by atoms with Crippen LogP contribution in [0.4, 0.5) is 0 Å². The molecule has 2 unspecified atom stereocenters. The highest BCUT2D eigenvalue weighted by Gasteiger charge is 2.25. The minimum Gasteiger partial charge on any atom is -0.383 e. The molecule has 1 aliphatic heterocycles. The van der Waals surface area contributed by atoms with E-state index in [1.54, 1.807) is 7.11 Å². The molecule has 17 heavy (non-hydrogen) atoms. The molecule has 0 aromatic carbocycles. The molecule has 0 aromatic heterocycles. The zero-order chi connectivity index (χ0) is 12.9. The van der Waals surface area contributed by atoms with Crippen LogP contribution in [0.15, 0.2) is 0 Å². The Morgan fingerprint density at radius 3 is 2.65 bits per heavy atom. The fourth-order valence-corrected chi connectivity index (χ4v) is 3.70. The van der Waals surface area contributed by atoms with E-state index in [-0.39, 0.29) is 23.8 Å². The van der Waals surface area contributed by atoms with Gasteiger partial charge in [-0.2, -0.15) is 0 Å². The fraction of sp³-hybridized carbons (Fsp3) is 1.00. The van der Waals surface area contributed by atoms with Crippen molar-refractivity contribution in [1.82, 2.24) is 10.0 Å². The molecule has 6 heteroatoms. The molecule has 2 N–H and O–H groups in total. The number of ether oxygens (including phenoxy) is 1. The highest BCUT2D eigenvalue weighted by Crippen LogP contribution is 2.09. The summed E-state index contributed by atoms with van der Waals surface area (Å²) in [7, 11) is -1.64. The van der Waals surface area contributed by atoms with Crippen LogP contribution in [-0.4, -0.2) is 46.5 Å². The van der Waals surface area contributed by atoms with E-state index in [4.69, 9.17) is 4.74 Å². The molecule has 0 bridgehead atoms. The van der Waals surface area contributed by atoms with Gasteiger partial charge in [0.05, 0.1) is 12.4 Å². The second-order valence-corrected chi connectivity index (χ2v) is 6.80. The molecular weight excluding hydrogens is 240 g/mol. The average molecular weight is 264 g/mol. The monoisotopic (exact) mass is 264 g/mol. The third kappa shape index (κ3) is 5.33. The number of nitrogens with one attached hydrogen (secondary N) is 2. The lowest BCUT2D eigenvalue weighted by Gasteiger charge is -2.22. The van der Waals surface area contributed by atoms with E-state index in [1.807, 2.05) is 13.8 Å². The third-order valence-corrected chi connectivity index (χ3v) is 4.57. The van der Waals surface area contributed by atoms with Crippen molar-refractivity contribution >= 4 is 10.0 Å². The molecule has 1 rings (SSSR count). The Balaban J connectivity index is 2.50. The molecule has 0 spiro atoms. The summed E-state index contributed by atoms with van der Waals surface area (Å²) in [5.41, 5.74) is 0. The van der Waals surface area contributed by atoms with Gasteiger partial charge < -0.3 is 10.1 Å². The molecule has 1 saturated heterocycles. The largest absolute Gasteiger partial charge is 0.383 e. The van der Waals surface area contributed by atoms with Crippen molar-refractivity contribution in [1.29, 1.82) is 0 Å². The average Bonchev–Trinajstić information content (AvgIpc) is 2.68. The van der Waals surface area contributed by atoms with Crippen LogP contribution in [0.3, 0.4) is 0 Å². The molecule has 1 fully saturated rings. The topological polar surface area (TPSA) is 67.4 Å². The Labute approximate surface area is 104 Å². The fourth-order valence-electron chi connectivity index (χ4n) is 1.98. The first-order valence-electron chi connectivity index (χ1n) is 6.17. The van der Waals surface area contributed by atoms with Crippen LogP contribution in [0.25, 0.3) is 0 Å². The molecule has 1 aliphatic rings. The van der Waals surface area contributed by atoms with Crippen LogP contribution in [-0.2, 0) is 14.8 Å². The molecule has 2 atom stereocenters. The van der Waals surface area contributed by atoms with Gasteiger partial charge in [-0.25, -0.2) is 13.1 Å². The van der Waals surface area contributed by atoms with Gasteiger partial charge in [0.25, 0.3) is 0 Å². The van der Waals surface area contributed by atoms with Gasteiger partial charge in [-0.1, -0.05) is 13.8 Å². The smallest absolute Gasteiger partial charge is 0.213 e. The van der Waals surface area contributed by atoms with Gasteiger partial charge in [0.1, 0.15) is 0 Å². The highest BCUT2D eigenvalue weighted by atomic mass is 32.2. The van der Waals surface area contributed by atoms with Crippen molar-refractivity contribution in [3.05, 3.63) is 0 Å². The van der Waals surface area contributed by atoms with Crippen LogP contribution < -0.4 is 10.0 Å². The van der Waals surface area contributed by atoms with Gasteiger partial charge in [-0.05, 0) is 25.3 Å². The maximum atomic E-state index is 12.0. The number of hydrogen-bond acceptors (Lipinski definition) is 4. The Hall–Kier alpha value is -0.170. The lowest BCUT2D eigenvalue weighted by Crippen LogP contribution is -2.45. The van der Waals surface area contributed by atoms with E-state index in [0.717, 1.165) is 19.4 Å².